The second kappa shape index (κ2) is 12.0. The summed E-state index contributed by atoms with van der Waals surface area (Å²) in [7, 11) is 0. The Morgan fingerprint density at radius 2 is 1.92 bits per heavy atom. The summed E-state index contributed by atoms with van der Waals surface area (Å²) in [6.45, 7) is 3.18. The first-order valence-electron chi connectivity index (χ1n) is 12.1. The first-order chi connectivity index (χ1) is 18.3. The van der Waals surface area contributed by atoms with Crippen LogP contribution in [0.1, 0.15) is 51.5 Å². The molecule has 1 saturated heterocycles. The van der Waals surface area contributed by atoms with Gasteiger partial charge in [-0.2, -0.15) is 4.37 Å². The van der Waals surface area contributed by atoms with Crippen molar-refractivity contribution in [3.05, 3.63) is 70.5 Å². The third-order valence-electron chi connectivity index (χ3n) is 6.02. The molecule has 0 spiro atoms. The Bertz CT molecular complexity index is 1290. The van der Waals surface area contributed by atoms with Crippen LogP contribution in [0.15, 0.2) is 48.5 Å². The Balaban J connectivity index is 1.79. The van der Waals surface area contributed by atoms with Crippen LogP contribution >= 0.6 is 11.5 Å². The van der Waals surface area contributed by atoms with E-state index in [9.17, 15) is 18.8 Å². The van der Waals surface area contributed by atoms with Gasteiger partial charge < -0.3 is 26.3 Å². The van der Waals surface area contributed by atoms with E-state index in [1.165, 1.54) is 29.2 Å². The van der Waals surface area contributed by atoms with E-state index in [0.29, 0.717) is 36.1 Å². The Morgan fingerprint density at radius 3 is 2.50 bits per heavy atom. The molecule has 5 N–H and O–H groups in total. The van der Waals surface area contributed by atoms with Crippen molar-refractivity contribution in [2.45, 2.75) is 31.9 Å². The van der Waals surface area contributed by atoms with Gasteiger partial charge in [0.1, 0.15) is 22.5 Å². The molecule has 10 nitrogen and oxygen atoms in total. The number of rotatable bonds is 10. The lowest BCUT2D eigenvalue weighted by molar-refractivity contribution is -0.123. The predicted molar refractivity (Wildman–Crippen MR) is 141 cm³/mol. The van der Waals surface area contributed by atoms with Gasteiger partial charge in [-0.05, 0) is 73.3 Å². The summed E-state index contributed by atoms with van der Waals surface area (Å²) in [5, 5.41) is 2.89. The van der Waals surface area contributed by atoms with Crippen LogP contribution in [0.4, 0.5) is 15.8 Å². The third kappa shape index (κ3) is 5.92. The maximum atomic E-state index is 14.0. The molecule has 1 fully saturated rings. The number of aromatic nitrogens is 1. The SMILES string of the molecule is CCOc1ccc([C@H](C(=O)NC[C@H]2CCCO2)N(C(=O)c2snc(C(N)=O)c2N)c2ccc(F)cc2)cc1. The number of ether oxygens (including phenoxy) is 2. The monoisotopic (exact) mass is 541 g/mol. The number of nitrogens with one attached hydrogen (secondary N) is 1. The van der Waals surface area contributed by atoms with Crippen molar-refractivity contribution in [2.75, 3.05) is 30.4 Å². The molecule has 1 aromatic heterocycles. The zero-order valence-corrected chi connectivity index (χ0v) is 21.5. The molecule has 1 aliphatic heterocycles. The van der Waals surface area contributed by atoms with Crippen molar-refractivity contribution in [2.24, 2.45) is 5.73 Å². The molecular formula is C26H28FN5O5S. The highest BCUT2D eigenvalue weighted by molar-refractivity contribution is 7.09. The molecule has 200 valence electrons. The van der Waals surface area contributed by atoms with E-state index in [4.69, 9.17) is 20.9 Å². The fraction of sp³-hybridized carbons (Fsp3) is 0.308. The molecule has 2 heterocycles. The highest BCUT2D eigenvalue weighted by Crippen LogP contribution is 2.34. The molecule has 3 amide bonds. The molecule has 0 unspecified atom stereocenters. The summed E-state index contributed by atoms with van der Waals surface area (Å²) in [5.74, 6) is -2.00. The van der Waals surface area contributed by atoms with E-state index in [1.807, 2.05) is 6.92 Å². The maximum Gasteiger partial charge on any atom is 0.273 e. The molecule has 38 heavy (non-hydrogen) atoms. The number of nitrogen functional groups attached to an aromatic ring is 1. The number of anilines is 2. The van der Waals surface area contributed by atoms with Crippen LogP contribution < -0.4 is 26.4 Å². The molecule has 0 radical (unpaired) electrons. The summed E-state index contributed by atoms with van der Waals surface area (Å²) >= 11 is 0.693. The average Bonchev–Trinajstić information content (AvgIpc) is 3.57. The predicted octanol–water partition coefficient (Wildman–Crippen LogP) is 3.05. The number of amides is 3. The number of primary amides is 1. The van der Waals surface area contributed by atoms with Gasteiger partial charge in [0.2, 0.25) is 5.91 Å². The molecular weight excluding hydrogens is 513 g/mol. The lowest BCUT2D eigenvalue weighted by Crippen LogP contribution is -2.45. The van der Waals surface area contributed by atoms with Crippen LogP contribution in [-0.4, -0.2) is 48.0 Å². The zero-order chi connectivity index (χ0) is 27.2. The van der Waals surface area contributed by atoms with Crippen LogP contribution in [0.3, 0.4) is 0 Å². The number of nitrogens with zero attached hydrogens (tertiary/aromatic N) is 2. The van der Waals surface area contributed by atoms with Crippen molar-refractivity contribution in [3.63, 3.8) is 0 Å². The molecule has 0 saturated carbocycles. The first-order valence-corrected chi connectivity index (χ1v) is 12.8. The van der Waals surface area contributed by atoms with Crippen molar-refractivity contribution in [1.82, 2.24) is 9.69 Å². The van der Waals surface area contributed by atoms with E-state index >= 15 is 0 Å². The lowest BCUT2D eigenvalue weighted by atomic mass is 10.0. The molecule has 0 bridgehead atoms. The van der Waals surface area contributed by atoms with E-state index < -0.39 is 29.6 Å². The van der Waals surface area contributed by atoms with E-state index in [1.54, 1.807) is 24.3 Å². The topological polar surface area (TPSA) is 150 Å². The maximum absolute atomic E-state index is 14.0. The summed E-state index contributed by atoms with van der Waals surface area (Å²) in [4.78, 5) is 40.6. The van der Waals surface area contributed by atoms with Crippen LogP contribution in [0.2, 0.25) is 0 Å². The summed E-state index contributed by atoms with van der Waals surface area (Å²) in [5.41, 5.74) is 11.7. The molecule has 4 rings (SSSR count). The van der Waals surface area contributed by atoms with Crippen molar-refractivity contribution in [1.29, 1.82) is 0 Å². The molecule has 2 atom stereocenters. The number of halogens is 1. The van der Waals surface area contributed by atoms with Gasteiger partial charge >= 0.3 is 0 Å². The molecule has 0 aliphatic carbocycles. The minimum Gasteiger partial charge on any atom is -0.494 e. The molecule has 2 aromatic carbocycles. The third-order valence-corrected chi connectivity index (χ3v) is 6.87. The van der Waals surface area contributed by atoms with Crippen molar-refractivity contribution in [3.8, 4) is 5.75 Å². The van der Waals surface area contributed by atoms with Gasteiger partial charge in [-0.15, -0.1) is 0 Å². The second-order valence-corrected chi connectivity index (χ2v) is 9.35. The zero-order valence-electron chi connectivity index (χ0n) is 20.7. The van der Waals surface area contributed by atoms with Gasteiger partial charge in [0.25, 0.3) is 11.8 Å². The molecule has 12 heteroatoms. The van der Waals surface area contributed by atoms with Gasteiger partial charge in [-0.25, -0.2) is 4.39 Å². The van der Waals surface area contributed by atoms with E-state index in [2.05, 4.69) is 9.69 Å². The number of benzene rings is 2. The first kappa shape index (κ1) is 27.0. The largest absolute Gasteiger partial charge is 0.494 e. The normalized spacial score (nSPS) is 15.6. The summed E-state index contributed by atoms with van der Waals surface area (Å²) in [6, 6.07) is 10.7. The second-order valence-electron chi connectivity index (χ2n) is 8.57. The number of nitrogens with two attached hydrogens (primary N) is 2. The fourth-order valence-electron chi connectivity index (χ4n) is 4.17. The Kier molecular flexibility index (Phi) is 8.54. The van der Waals surface area contributed by atoms with Gasteiger partial charge in [0.15, 0.2) is 5.69 Å². The molecule has 1 aliphatic rings. The Hall–Kier alpha value is -4.03. The number of carbonyl (C=O) groups is 3. The van der Waals surface area contributed by atoms with Gasteiger partial charge in [0, 0.05) is 18.8 Å². The van der Waals surface area contributed by atoms with E-state index in [0.717, 1.165) is 12.8 Å². The smallest absolute Gasteiger partial charge is 0.273 e. The number of hydrogen-bond donors (Lipinski definition) is 3. The Morgan fingerprint density at radius 1 is 1.21 bits per heavy atom. The number of hydrogen-bond acceptors (Lipinski definition) is 8. The van der Waals surface area contributed by atoms with Crippen molar-refractivity contribution >= 4 is 40.6 Å². The van der Waals surface area contributed by atoms with Crippen LogP contribution in [-0.2, 0) is 9.53 Å². The quantitative estimate of drug-likeness (QED) is 0.357. The lowest BCUT2D eigenvalue weighted by Gasteiger charge is -2.31. The summed E-state index contributed by atoms with van der Waals surface area (Å²) in [6.07, 6.45) is 1.57. The number of carbonyl (C=O) groups excluding carboxylic acids is 3. The highest BCUT2D eigenvalue weighted by atomic mass is 32.1. The fourth-order valence-corrected chi connectivity index (χ4v) is 4.91. The molecule has 3 aromatic rings. The van der Waals surface area contributed by atoms with E-state index in [-0.39, 0.29) is 34.6 Å². The van der Waals surface area contributed by atoms with Crippen molar-refractivity contribution < 1.29 is 28.2 Å². The van der Waals surface area contributed by atoms with Gasteiger partial charge in [-0.3, -0.25) is 19.3 Å². The van der Waals surface area contributed by atoms with Gasteiger partial charge in [0.05, 0.1) is 18.4 Å². The van der Waals surface area contributed by atoms with Crippen LogP contribution in [0, 0.1) is 5.82 Å². The highest BCUT2D eigenvalue weighted by Gasteiger charge is 2.36. The standard InChI is InChI=1S/C26H28FN5O5S/c1-2-36-18-11-5-15(6-12-18)22(25(34)30-14-19-4-3-13-37-19)32(17-9-7-16(27)8-10-17)26(35)23-20(28)21(24(29)33)31-38-23/h5-12,19,22H,2-4,13-14,28H2,1H3,(H2,29,33)(H,30,34)/t19-,22-/m1/s1. The van der Waals surface area contributed by atoms with Crippen LogP contribution in [0.25, 0.3) is 0 Å². The summed E-state index contributed by atoms with van der Waals surface area (Å²) < 4.78 is 28.9. The van der Waals surface area contributed by atoms with Gasteiger partial charge in [-0.1, -0.05) is 12.1 Å². The minimum atomic E-state index is -1.19. The average molecular weight is 542 g/mol. The Labute approximate surface area is 222 Å². The minimum absolute atomic E-state index is 0.0778. The van der Waals surface area contributed by atoms with Crippen LogP contribution in [0.5, 0.6) is 5.75 Å².